The molecule has 0 bridgehead atoms. The Morgan fingerprint density at radius 2 is 1.61 bits per heavy atom. The standard InChI is InChI=1S/C19H32BrNO2/c1-4-7-8-9-10-11-12-21-15-16-13-17(20)19(23-6-3)18(14-16)22-5-2/h13-14,21H,4-12,15H2,1-3H3. The molecule has 1 aromatic rings. The summed E-state index contributed by atoms with van der Waals surface area (Å²) in [4.78, 5) is 0. The fourth-order valence-electron chi connectivity index (χ4n) is 2.53. The van der Waals surface area contributed by atoms with E-state index in [4.69, 9.17) is 9.47 Å². The van der Waals surface area contributed by atoms with E-state index in [0.717, 1.165) is 29.1 Å². The largest absolute Gasteiger partial charge is 0.490 e. The molecule has 0 fully saturated rings. The molecule has 1 aromatic carbocycles. The van der Waals surface area contributed by atoms with Crippen LogP contribution >= 0.6 is 15.9 Å². The predicted octanol–water partition coefficient (Wildman–Crippen LogP) is 5.70. The van der Waals surface area contributed by atoms with Gasteiger partial charge in [0.05, 0.1) is 17.7 Å². The van der Waals surface area contributed by atoms with Crippen LogP contribution in [0, 0.1) is 0 Å². The molecular weight excluding hydrogens is 354 g/mol. The molecule has 1 N–H and O–H groups in total. The van der Waals surface area contributed by atoms with Gasteiger partial charge in [-0.3, -0.25) is 0 Å². The monoisotopic (exact) mass is 385 g/mol. The number of rotatable bonds is 13. The molecule has 0 atom stereocenters. The van der Waals surface area contributed by atoms with Gasteiger partial charge >= 0.3 is 0 Å². The van der Waals surface area contributed by atoms with Crippen LogP contribution in [0.2, 0.25) is 0 Å². The summed E-state index contributed by atoms with van der Waals surface area (Å²) < 4.78 is 12.3. The number of unbranched alkanes of at least 4 members (excludes halogenated alkanes) is 5. The molecule has 0 unspecified atom stereocenters. The van der Waals surface area contributed by atoms with E-state index in [2.05, 4.69) is 40.3 Å². The number of nitrogens with one attached hydrogen (secondary N) is 1. The van der Waals surface area contributed by atoms with E-state index in [-0.39, 0.29) is 0 Å². The Morgan fingerprint density at radius 3 is 2.30 bits per heavy atom. The first kappa shape index (κ1) is 20.3. The molecule has 0 aliphatic heterocycles. The minimum absolute atomic E-state index is 0.633. The summed E-state index contributed by atoms with van der Waals surface area (Å²) in [5.41, 5.74) is 1.22. The number of halogens is 1. The molecule has 0 aliphatic carbocycles. The number of hydrogen-bond donors (Lipinski definition) is 1. The third-order valence-corrected chi connectivity index (χ3v) is 4.28. The number of benzene rings is 1. The van der Waals surface area contributed by atoms with Crippen molar-refractivity contribution >= 4 is 15.9 Å². The molecule has 0 amide bonds. The van der Waals surface area contributed by atoms with Gasteiger partial charge in [-0.15, -0.1) is 0 Å². The van der Waals surface area contributed by atoms with Gasteiger partial charge in [-0.05, 0) is 60.4 Å². The van der Waals surface area contributed by atoms with Crippen LogP contribution in [-0.2, 0) is 6.54 Å². The van der Waals surface area contributed by atoms with Gasteiger partial charge in [-0.2, -0.15) is 0 Å². The number of hydrogen-bond acceptors (Lipinski definition) is 3. The summed E-state index contributed by atoms with van der Waals surface area (Å²) in [6.07, 6.45) is 7.99. The molecule has 0 saturated heterocycles. The van der Waals surface area contributed by atoms with E-state index < -0.39 is 0 Å². The van der Waals surface area contributed by atoms with Crippen LogP contribution in [0.4, 0.5) is 0 Å². The van der Waals surface area contributed by atoms with E-state index in [1.165, 1.54) is 44.1 Å². The lowest BCUT2D eigenvalue weighted by molar-refractivity contribution is 0.286. The quantitative estimate of drug-likeness (QED) is 0.442. The zero-order valence-electron chi connectivity index (χ0n) is 14.9. The zero-order chi connectivity index (χ0) is 16.9. The van der Waals surface area contributed by atoms with Crippen LogP contribution in [-0.4, -0.2) is 19.8 Å². The summed E-state index contributed by atoms with van der Waals surface area (Å²) >= 11 is 3.59. The Kier molecular flexibility index (Phi) is 11.2. The minimum atomic E-state index is 0.633. The first-order valence-corrected chi connectivity index (χ1v) is 9.80. The second-order valence-corrected chi connectivity index (χ2v) is 6.57. The molecule has 23 heavy (non-hydrogen) atoms. The average molecular weight is 386 g/mol. The van der Waals surface area contributed by atoms with Crippen LogP contribution in [0.3, 0.4) is 0 Å². The smallest absolute Gasteiger partial charge is 0.175 e. The summed E-state index contributed by atoms with van der Waals surface area (Å²) in [7, 11) is 0. The van der Waals surface area contributed by atoms with Crippen molar-refractivity contribution in [2.45, 2.75) is 65.8 Å². The van der Waals surface area contributed by atoms with E-state index in [1.54, 1.807) is 0 Å². The van der Waals surface area contributed by atoms with Crippen LogP contribution in [0.5, 0.6) is 11.5 Å². The first-order valence-electron chi connectivity index (χ1n) is 9.01. The maximum atomic E-state index is 5.71. The van der Waals surface area contributed by atoms with Crippen molar-refractivity contribution < 1.29 is 9.47 Å². The third kappa shape index (κ3) is 8.07. The molecule has 3 nitrogen and oxygen atoms in total. The third-order valence-electron chi connectivity index (χ3n) is 3.69. The maximum absolute atomic E-state index is 5.71. The average Bonchev–Trinajstić information content (AvgIpc) is 2.53. The molecule has 0 aromatic heterocycles. The highest BCUT2D eigenvalue weighted by Crippen LogP contribution is 2.36. The van der Waals surface area contributed by atoms with Crippen LogP contribution in [0.15, 0.2) is 16.6 Å². The van der Waals surface area contributed by atoms with E-state index in [1.807, 2.05) is 13.8 Å². The van der Waals surface area contributed by atoms with E-state index in [0.29, 0.717) is 13.2 Å². The number of ether oxygens (including phenoxy) is 2. The second kappa shape index (κ2) is 12.7. The van der Waals surface area contributed by atoms with Crippen molar-refractivity contribution in [3.05, 3.63) is 22.2 Å². The molecule has 0 aliphatic rings. The van der Waals surface area contributed by atoms with Gasteiger partial charge in [-0.25, -0.2) is 0 Å². The van der Waals surface area contributed by atoms with Crippen molar-refractivity contribution in [3.63, 3.8) is 0 Å². The van der Waals surface area contributed by atoms with E-state index >= 15 is 0 Å². The highest BCUT2D eigenvalue weighted by Gasteiger charge is 2.11. The first-order chi connectivity index (χ1) is 11.2. The van der Waals surface area contributed by atoms with Gasteiger partial charge in [0.25, 0.3) is 0 Å². The molecule has 0 spiro atoms. The predicted molar refractivity (Wildman–Crippen MR) is 102 cm³/mol. The van der Waals surface area contributed by atoms with Gasteiger partial charge in [-0.1, -0.05) is 39.0 Å². The molecular formula is C19H32BrNO2. The Labute approximate surface area is 150 Å². The lowest BCUT2D eigenvalue weighted by Gasteiger charge is -2.15. The zero-order valence-corrected chi connectivity index (χ0v) is 16.5. The Balaban J connectivity index is 2.41. The maximum Gasteiger partial charge on any atom is 0.175 e. The lowest BCUT2D eigenvalue weighted by Crippen LogP contribution is -2.15. The van der Waals surface area contributed by atoms with Crippen molar-refractivity contribution in [1.29, 1.82) is 0 Å². The fraction of sp³-hybridized carbons (Fsp3) is 0.684. The minimum Gasteiger partial charge on any atom is -0.490 e. The van der Waals surface area contributed by atoms with Crippen LogP contribution < -0.4 is 14.8 Å². The molecule has 0 radical (unpaired) electrons. The summed E-state index contributed by atoms with van der Waals surface area (Å²) in [6.45, 7) is 9.44. The van der Waals surface area contributed by atoms with Gasteiger partial charge < -0.3 is 14.8 Å². The highest BCUT2D eigenvalue weighted by atomic mass is 79.9. The normalized spacial score (nSPS) is 10.8. The Hall–Kier alpha value is -0.740. The second-order valence-electron chi connectivity index (χ2n) is 5.72. The Bertz CT molecular complexity index is 438. The fourth-order valence-corrected chi connectivity index (χ4v) is 3.14. The molecule has 0 heterocycles. The topological polar surface area (TPSA) is 30.5 Å². The summed E-state index contributed by atoms with van der Waals surface area (Å²) in [6, 6.07) is 4.19. The van der Waals surface area contributed by atoms with Crippen LogP contribution in [0.1, 0.15) is 64.9 Å². The van der Waals surface area contributed by atoms with Crippen molar-refractivity contribution in [3.8, 4) is 11.5 Å². The van der Waals surface area contributed by atoms with Crippen molar-refractivity contribution in [2.75, 3.05) is 19.8 Å². The molecule has 4 heteroatoms. The molecule has 0 saturated carbocycles. The lowest BCUT2D eigenvalue weighted by atomic mass is 10.1. The van der Waals surface area contributed by atoms with Crippen LogP contribution in [0.25, 0.3) is 0 Å². The molecule has 1 rings (SSSR count). The summed E-state index contributed by atoms with van der Waals surface area (Å²) in [5.74, 6) is 1.62. The van der Waals surface area contributed by atoms with E-state index in [9.17, 15) is 0 Å². The van der Waals surface area contributed by atoms with Gasteiger partial charge in [0.1, 0.15) is 0 Å². The SMILES string of the molecule is CCCCCCCCNCc1cc(Br)c(OCC)c(OCC)c1. The molecule has 132 valence electrons. The van der Waals surface area contributed by atoms with Crippen molar-refractivity contribution in [1.82, 2.24) is 5.32 Å². The summed E-state index contributed by atoms with van der Waals surface area (Å²) in [5, 5.41) is 3.52. The van der Waals surface area contributed by atoms with Crippen molar-refractivity contribution in [2.24, 2.45) is 0 Å². The van der Waals surface area contributed by atoms with Gasteiger partial charge in [0.2, 0.25) is 0 Å². The van der Waals surface area contributed by atoms with Gasteiger partial charge in [0, 0.05) is 6.54 Å². The van der Waals surface area contributed by atoms with Gasteiger partial charge in [0.15, 0.2) is 11.5 Å². The Morgan fingerprint density at radius 1 is 0.913 bits per heavy atom. The highest BCUT2D eigenvalue weighted by molar-refractivity contribution is 9.10.